The molecule has 2 N–H and O–H groups in total. The molecule has 1 heterocycles. The van der Waals surface area contributed by atoms with E-state index < -0.39 is 0 Å². The Balaban J connectivity index is 1.70. The number of halogens is 1. The molecule has 5 nitrogen and oxygen atoms in total. The molecule has 0 radical (unpaired) electrons. The maximum absolute atomic E-state index is 13.2. The van der Waals surface area contributed by atoms with Crippen LogP contribution in [0, 0.1) is 11.7 Å². The van der Waals surface area contributed by atoms with Crippen LogP contribution in [0.15, 0.2) is 42.5 Å². The monoisotopic (exact) mass is 372 g/mol. The molecule has 2 aromatic carbocycles. The summed E-state index contributed by atoms with van der Waals surface area (Å²) in [7, 11) is 0. The van der Waals surface area contributed by atoms with Gasteiger partial charge in [0.05, 0.1) is 0 Å². The first-order valence-corrected chi connectivity index (χ1v) is 9.17. The highest BCUT2D eigenvalue weighted by Gasteiger charge is 2.18. The summed E-state index contributed by atoms with van der Waals surface area (Å²) in [6.07, 6.45) is 1.23. The van der Waals surface area contributed by atoms with Gasteiger partial charge in [-0.2, -0.15) is 0 Å². The van der Waals surface area contributed by atoms with Gasteiger partial charge >= 0.3 is 6.03 Å². The van der Waals surface area contributed by atoms with E-state index in [2.05, 4.69) is 10.6 Å². The van der Waals surface area contributed by atoms with Crippen molar-refractivity contribution in [2.45, 2.75) is 32.7 Å². The van der Waals surface area contributed by atoms with Crippen LogP contribution in [0.3, 0.4) is 0 Å². The lowest BCUT2D eigenvalue weighted by molar-refractivity contribution is 0.174. The van der Waals surface area contributed by atoms with E-state index in [9.17, 15) is 9.18 Å². The van der Waals surface area contributed by atoms with E-state index in [1.165, 1.54) is 12.1 Å². The van der Waals surface area contributed by atoms with Gasteiger partial charge in [-0.25, -0.2) is 9.18 Å². The molecule has 1 atom stereocenters. The van der Waals surface area contributed by atoms with Gasteiger partial charge in [0.2, 0.25) is 6.79 Å². The molecule has 0 saturated carbocycles. The lowest BCUT2D eigenvalue weighted by Gasteiger charge is -2.20. The number of hydrogen-bond acceptors (Lipinski definition) is 3. The van der Waals surface area contributed by atoms with Crippen LogP contribution in [0.1, 0.15) is 25.0 Å². The summed E-state index contributed by atoms with van der Waals surface area (Å²) >= 11 is 0. The summed E-state index contributed by atoms with van der Waals surface area (Å²) in [5, 5.41) is 5.92. The fourth-order valence-corrected chi connectivity index (χ4v) is 2.96. The van der Waals surface area contributed by atoms with E-state index >= 15 is 0 Å². The summed E-state index contributed by atoms with van der Waals surface area (Å²) in [4.78, 5) is 12.3. The Kier molecular flexibility index (Phi) is 6.16. The number of hydrogen-bond donors (Lipinski definition) is 2. The van der Waals surface area contributed by atoms with Gasteiger partial charge in [0.1, 0.15) is 5.82 Å². The first-order valence-electron chi connectivity index (χ1n) is 9.17. The Morgan fingerprint density at radius 1 is 1.04 bits per heavy atom. The minimum atomic E-state index is -0.270. The number of urea groups is 1. The molecule has 0 bridgehead atoms. The normalized spacial score (nSPS) is 13.5. The molecule has 1 aliphatic rings. The zero-order valence-electron chi connectivity index (χ0n) is 15.6. The van der Waals surface area contributed by atoms with Gasteiger partial charge in [0.25, 0.3) is 0 Å². The smallest absolute Gasteiger partial charge is 0.315 e. The zero-order valence-corrected chi connectivity index (χ0v) is 15.6. The highest BCUT2D eigenvalue weighted by atomic mass is 19.1. The molecule has 0 saturated heterocycles. The number of carbonyl (C=O) groups is 1. The number of benzene rings is 2. The minimum absolute atomic E-state index is 0.136. The second kappa shape index (κ2) is 8.75. The Bertz CT molecular complexity index is 777. The quantitative estimate of drug-likeness (QED) is 0.780. The van der Waals surface area contributed by atoms with Crippen molar-refractivity contribution in [1.82, 2.24) is 10.6 Å². The van der Waals surface area contributed by atoms with Gasteiger partial charge in [-0.1, -0.05) is 32.0 Å². The lowest BCUT2D eigenvalue weighted by Crippen LogP contribution is -2.45. The second-order valence-electron chi connectivity index (χ2n) is 7.17. The summed E-state index contributed by atoms with van der Waals surface area (Å²) in [6, 6.07) is 11.8. The van der Waals surface area contributed by atoms with Crippen LogP contribution in [-0.2, 0) is 12.8 Å². The first-order chi connectivity index (χ1) is 13.0. The van der Waals surface area contributed by atoms with Crippen LogP contribution in [0.2, 0.25) is 0 Å². The van der Waals surface area contributed by atoms with Gasteiger partial charge < -0.3 is 20.1 Å². The maximum Gasteiger partial charge on any atom is 0.315 e. The maximum atomic E-state index is 13.2. The van der Waals surface area contributed by atoms with E-state index in [4.69, 9.17) is 9.47 Å². The SMILES string of the molecule is CC(C)CNC(=O)N[C@@H](Cc1ccc(F)cc1)Cc1ccc2c(c1)OCO2. The summed E-state index contributed by atoms with van der Waals surface area (Å²) in [5.74, 6) is 1.56. The molecule has 3 rings (SSSR count). The molecule has 27 heavy (non-hydrogen) atoms. The molecular formula is C21H25FN2O3. The van der Waals surface area contributed by atoms with E-state index in [0.717, 1.165) is 22.6 Å². The molecule has 0 fully saturated rings. The van der Waals surface area contributed by atoms with Gasteiger partial charge in [-0.3, -0.25) is 0 Å². The lowest BCUT2D eigenvalue weighted by atomic mass is 9.98. The third-order valence-corrected chi connectivity index (χ3v) is 4.32. The van der Waals surface area contributed by atoms with Crippen LogP contribution < -0.4 is 20.1 Å². The van der Waals surface area contributed by atoms with Gasteiger partial charge in [-0.05, 0) is 54.2 Å². The molecule has 2 amide bonds. The highest BCUT2D eigenvalue weighted by molar-refractivity contribution is 5.74. The number of amides is 2. The molecule has 0 aromatic heterocycles. The van der Waals surface area contributed by atoms with Gasteiger partial charge in [-0.15, -0.1) is 0 Å². The van der Waals surface area contributed by atoms with Crippen molar-refractivity contribution in [3.05, 3.63) is 59.4 Å². The van der Waals surface area contributed by atoms with E-state index in [1.807, 2.05) is 32.0 Å². The molecule has 144 valence electrons. The van der Waals surface area contributed by atoms with Gasteiger partial charge in [0, 0.05) is 12.6 Å². The van der Waals surface area contributed by atoms with Crippen molar-refractivity contribution in [3.63, 3.8) is 0 Å². The van der Waals surface area contributed by atoms with Crippen LogP contribution >= 0.6 is 0 Å². The number of carbonyl (C=O) groups excluding carboxylic acids is 1. The topological polar surface area (TPSA) is 59.6 Å². The number of nitrogens with one attached hydrogen (secondary N) is 2. The van der Waals surface area contributed by atoms with Crippen LogP contribution in [0.5, 0.6) is 11.5 Å². The van der Waals surface area contributed by atoms with Crippen LogP contribution in [0.4, 0.5) is 9.18 Å². The number of ether oxygens (including phenoxy) is 2. The molecule has 0 spiro atoms. The summed E-state index contributed by atoms with van der Waals surface area (Å²) in [6.45, 7) is 4.93. The fourth-order valence-electron chi connectivity index (χ4n) is 2.96. The van der Waals surface area contributed by atoms with Crippen molar-refractivity contribution in [1.29, 1.82) is 0 Å². The fraction of sp³-hybridized carbons (Fsp3) is 0.381. The van der Waals surface area contributed by atoms with E-state index in [0.29, 0.717) is 25.3 Å². The average Bonchev–Trinajstić information content (AvgIpc) is 3.09. The predicted octanol–water partition coefficient (Wildman–Crippen LogP) is 3.66. The largest absolute Gasteiger partial charge is 0.454 e. The molecule has 0 unspecified atom stereocenters. The molecule has 2 aromatic rings. The average molecular weight is 372 g/mol. The van der Waals surface area contributed by atoms with E-state index in [-0.39, 0.29) is 24.7 Å². The van der Waals surface area contributed by atoms with Crippen LogP contribution in [0.25, 0.3) is 0 Å². The van der Waals surface area contributed by atoms with Crippen molar-refractivity contribution in [2.75, 3.05) is 13.3 Å². The van der Waals surface area contributed by atoms with E-state index in [1.54, 1.807) is 12.1 Å². The van der Waals surface area contributed by atoms with Crippen LogP contribution in [-0.4, -0.2) is 25.4 Å². The predicted molar refractivity (Wildman–Crippen MR) is 102 cm³/mol. The third kappa shape index (κ3) is 5.61. The molecular weight excluding hydrogens is 347 g/mol. The number of rotatable bonds is 7. The Labute approximate surface area is 158 Å². The molecule has 0 aliphatic carbocycles. The van der Waals surface area contributed by atoms with Crippen molar-refractivity contribution in [2.24, 2.45) is 5.92 Å². The number of fused-ring (bicyclic) bond motifs is 1. The molecule has 6 heteroatoms. The zero-order chi connectivity index (χ0) is 19.2. The molecule has 1 aliphatic heterocycles. The van der Waals surface area contributed by atoms with Crippen molar-refractivity contribution >= 4 is 6.03 Å². The second-order valence-corrected chi connectivity index (χ2v) is 7.17. The van der Waals surface area contributed by atoms with Crippen molar-refractivity contribution in [3.8, 4) is 11.5 Å². The minimum Gasteiger partial charge on any atom is -0.454 e. The van der Waals surface area contributed by atoms with Crippen molar-refractivity contribution < 1.29 is 18.7 Å². The Morgan fingerprint density at radius 3 is 2.44 bits per heavy atom. The Morgan fingerprint density at radius 2 is 1.70 bits per heavy atom. The Hall–Kier alpha value is -2.76. The summed E-state index contributed by atoms with van der Waals surface area (Å²) in [5.41, 5.74) is 2.00. The first kappa shape index (κ1) is 19.0. The summed E-state index contributed by atoms with van der Waals surface area (Å²) < 4.78 is 24.0. The third-order valence-electron chi connectivity index (χ3n) is 4.32. The standard InChI is InChI=1S/C21H25FN2O3/c1-14(2)12-23-21(25)24-18(9-15-3-6-17(22)7-4-15)10-16-5-8-19-20(11-16)27-13-26-19/h3-8,11,14,18H,9-10,12-13H2,1-2H3,(H2,23,24,25)/t18-/m0/s1. The highest BCUT2D eigenvalue weighted by Crippen LogP contribution is 2.32. The van der Waals surface area contributed by atoms with Gasteiger partial charge in [0.15, 0.2) is 11.5 Å².